The van der Waals surface area contributed by atoms with Gasteiger partial charge in [-0.05, 0) is 49.9 Å². The van der Waals surface area contributed by atoms with Gasteiger partial charge in [0.1, 0.15) is 0 Å². The van der Waals surface area contributed by atoms with Gasteiger partial charge >= 0.3 is 0 Å². The molecule has 160 valence electrons. The van der Waals surface area contributed by atoms with Gasteiger partial charge < -0.3 is 9.80 Å². The lowest BCUT2D eigenvalue weighted by Gasteiger charge is -2.35. The summed E-state index contributed by atoms with van der Waals surface area (Å²) in [5.74, 6) is 0.997. The van der Waals surface area contributed by atoms with Crippen LogP contribution in [0.4, 0.5) is 5.82 Å². The highest BCUT2D eigenvalue weighted by atomic mass is 16.1. The Labute approximate surface area is 177 Å². The van der Waals surface area contributed by atoms with E-state index in [9.17, 15) is 4.79 Å². The number of nitrogens with zero attached hydrogens (tertiary/aromatic N) is 7. The molecule has 1 fully saturated rings. The molecule has 8 heteroatoms. The van der Waals surface area contributed by atoms with Gasteiger partial charge in [0.05, 0.1) is 17.9 Å². The quantitative estimate of drug-likeness (QED) is 0.737. The molecule has 1 saturated heterocycles. The zero-order valence-electron chi connectivity index (χ0n) is 17.9. The normalized spacial score (nSPS) is 20.1. The summed E-state index contributed by atoms with van der Waals surface area (Å²) in [6, 6.07) is 4.04. The molecule has 5 rings (SSSR count). The highest BCUT2D eigenvalue weighted by Gasteiger charge is 2.22. The van der Waals surface area contributed by atoms with Crippen molar-refractivity contribution in [1.29, 1.82) is 0 Å². The molecular formula is C22H31N7O. The Morgan fingerprint density at radius 1 is 0.867 bits per heavy atom. The number of aryl methyl sites for hydroxylation is 2. The fourth-order valence-electron chi connectivity index (χ4n) is 4.81. The number of rotatable bonds is 4. The maximum atomic E-state index is 12.4. The molecule has 30 heavy (non-hydrogen) atoms. The largest absolute Gasteiger partial charge is 0.353 e. The fourth-order valence-corrected chi connectivity index (χ4v) is 4.81. The van der Waals surface area contributed by atoms with Crippen LogP contribution in [0.2, 0.25) is 0 Å². The minimum atomic E-state index is 0.0450. The average Bonchev–Trinajstić information content (AvgIpc) is 2.77. The molecule has 0 saturated carbocycles. The first-order chi connectivity index (χ1) is 14.7. The van der Waals surface area contributed by atoms with Crippen LogP contribution in [0.3, 0.4) is 0 Å². The molecule has 0 bridgehead atoms. The highest BCUT2D eigenvalue weighted by Crippen LogP contribution is 2.21. The first kappa shape index (κ1) is 19.6. The molecule has 4 heterocycles. The number of piperazine rings is 1. The van der Waals surface area contributed by atoms with Gasteiger partial charge in [0.15, 0.2) is 5.82 Å². The van der Waals surface area contributed by atoms with E-state index in [1.807, 2.05) is 6.07 Å². The second-order valence-electron chi connectivity index (χ2n) is 8.88. The van der Waals surface area contributed by atoms with Gasteiger partial charge in [-0.2, -0.15) is 10.2 Å². The predicted octanol–water partition coefficient (Wildman–Crippen LogP) is 0.722. The standard InChI is InChI=1S/C22H31N7O/c1-26-7-6-19-18(16-26)14-21(24-23-19)28-11-8-27(9-12-28)10-13-29-22(30)15-17-4-2-3-5-20(17)25-29/h14-15H,2-13,16H2,1H3. The van der Waals surface area contributed by atoms with Crippen molar-refractivity contribution in [1.82, 2.24) is 29.8 Å². The summed E-state index contributed by atoms with van der Waals surface area (Å²) in [5, 5.41) is 13.6. The third-order valence-electron chi connectivity index (χ3n) is 6.72. The van der Waals surface area contributed by atoms with Crippen LogP contribution in [0, 0.1) is 0 Å². The van der Waals surface area contributed by atoms with Crippen LogP contribution in [0.25, 0.3) is 0 Å². The Hall–Kier alpha value is -2.32. The van der Waals surface area contributed by atoms with Crippen molar-refractivity contribution in [2.24, 2.45) is 0 Å². The van der Waals surface area contributed by atoms with Crippen LogP contribution >= 0.6 is 0 Å². The van der Waals surface area contributed by atoms with E-state index in [0.29, 0.717) is 6.54 Å². The summed E-state index contributed by atoms with van der Waals surface area (Å²) in [7, 11) is 2.16. The topological polar surface area (TPSA) is 70.4 Å². The summed E-state index contributed by atoms with van der Waals surface area (Å²) in [4.78, 5) is 19.5. The minimum absolute atomic E-state index is 0.0450. The Morgan fingerprint density at radius 3 is 2.57 bits per heavy atom. The van der Waals surface area contributed by atoms with E-state index in [0.717, 1.165) is 87.8 Å². The van der Waals surface area contributed by atoms with Crippen LogP contribution in [0.1, 0.15) is 35.4 Å². The molecule has 0 unspecified atom stereocenters. The molecule has 1 aliphatic carbocycles. The summed E-state index contributed by atoms with van der Waals surface area (Å²) in [6.45, 7) is 7.36. The Morgan fingerprint density at radius 2 is 1.70 bits per heavy atom. The highest BCUT2D eigenvalue weighted by molar-refractivity contribution is 5.42. The maximum Gasteiger partial charge on any atom is 0.267 e. The Bertz CT molecular complexity index is 964. The van der Waals surface area contributed by atoms with E-state index >= 15 is 0 Å². The molecule has 8 nitrogen and oxygen atoms in total. The second kappa shape index (κ2) is 8.43. The number of hydrogen-bond acceptors (Lipinski definition) is 7. The molecule has 0 spiro atoms. The van der Waals surface area contributed by atoms with Gasteiger partial charge in [0.25, 0.3) is 5.56 Å². The molecule has 2 aliphatic heterocycles. The van der Waals surface area contributed by atoms with Crippen molar-refractivity contribution in [2.45, 2.75) is 45.2 Å². The molecule has 0 radical (unpaired) electrons. The second-order valence-corrected chi connectivity index (χ2v) is 8.88. The number of fused-ring (bicyclic) bond motifs is 2. The zero-order valence-corrected chi connectivity index (χ0v) is 17.9. The number of anilines is 1. The molecule has 0 amide bonds. The molecule has 0 N–H and O–H groups in total. The molecule has 2 aromatic heterocycles. The maximum absolute atomic E-state index is 12.4. The van der Waals surface area contributed by atoms with Gasteiger partial charge in [-0.3, -0.25) is 9.69 Å². The van der Waals surface area contributed by atoms with Gasteiger partial charge in [-0.25, -0.2) is 4.68 Å². The number of aromatic nitrogens is 4. The van der Waals surface area contributed by atoms with Crippen molar-refractivity contribution in [3.05, 3.63) is 45.0 Å². The summed E-state index contributed by atoms with van der Waals surface area (Å²) >= 11 is 0. The van der Waals surface area contributed by atoms with Crippen LogP contribution in [0.15, 0.2) is 16.9 Å². The van der Waals surface area contributed by atoms with E-state index in [4.69, 9.17) is 0 Å². The van der Waals surface area contributed by atoms with Gasteiger partial charge in [0, 0.05) is 58.3 Å². The molecule has 3 aliphatic rings. The van der Waals surface area contributed by atoms with Crippen molar-refractivity contribution < 1.29 is 0 Å². The zero-order chi connectivity index (χ0) is 20.5. The van der Waals surface area contributed by atoms with Crippen LogP contribution in [0.5, 0.6) is 0 Å². The van der Waals surface area contributed by atoms with E-state index in [1.54, 1.807) is 4.68 Å². The number of likely N-dealkylation sites (N-methyl/N-ethyl adjacent to an activating group) is 1. The van der Waals surface area contributed by atoms with E-state index in [1.165, 1.54) is 18.4 Å². The lowest BCUT2D eigenvalue weighted by Crippen LogP contribution is -2.48. The SMILES string of the molecule is CN1CCc2nnc(N3CCN(CCn4nc5c(cc4=O)CCCC5)CC3)cc2C1. The van der Waals surface area contributed by atoms with E-state index < -0.39 is 0 Å². The third kappa shape index (κ3) is 4.11. The summed E-state index contributed by atoms with van der Waals surface area (Å²) in [6.07, 6.45) is 5.35. The van der Waals surface area contributed by atoms with Gasteiger partial charge in [-0.1, -0.05) is 0 Å². The van der Waals surface area contributed by atoms with Crippen LogP contribution in [-0.2, 0) is 32.4 Å². The smallest absolute Gasteiger partial charge is 0.267 e. The molecule has 0 atom stereocenters. The monoisotopic (exact) mass is 409 g/mol. The molecular weight excluding hydrogens is 378 g/mol. The predicted molar refractivity (Wildman–Crippen MR) is 116 cm³/mol. The van der Waals surface area contributed by atoms with Gasteiger partial charge in [0.2, 0.25) is 0 Å². The summed E-state index contributed by atoms with van der Waals surface area (Å²) < 4.78 is 1.67. The van der Waals surface area contributed by atoms with Crippen LogP contribution in [-0.4, -0.2) is 76.1 Å². The Balaban J connectivity index is 1.17. The first-order valence-electron chi connectivity index (χ1n) is 11.3. The molecule has 2 aromatic rings. The fraction of sp³-hybridized carbons (Fsp3) is 0.636. The number of hydrogen-bond donors (Lipinski definition) is 0. The first-order valence-corrected chi connectivity index (χ1v) is 11.3. The lowest BCUT2D eigenvalue weighted by atomic mass is 9.97. The summed E-state index contributed by atoms with van der Waals surface area (Å²) in [5.41, 5.74) is 4.80. The minimum Gasteiger partial charge on any atom is -0.353 e. The van der Waals surface area contributed by atoms with Crippen LogP contribution < -0.4 is 10.5 Å². The van der Waals surface area contributed by atoms with Gasteiger partial charge in [-0.15, -0.1) is 5.10 Å². The van der Waals surface area contributed by atoms with E-state index in [2.05, 4.69) is 43.1 Å². The van der Waals surface area contributed by atoms with Crippen molar-refractivity contribution >= 4 is 5.82 Å². The van der Waals surface area contributed by atoms with Crippen molar-refractivity contribution in [2.75, 3.05) is 51.2 Å². The van der Waals surface area contributed by atoms with E-state index in [-0.39, 0.29) is 5.56 Å². The third-order valence-corrected chi connectivity index (χ3v) is 6.72. The Kier molecular flexibility index (Phi) is 5.52. The molecule has 0 aromatic carbocycles. The van der Waals surface area contributed by atoms with Crippen molar-refractivity contribution in [3.8, 4) is 0 Å². The average molecular weight is 410 g/mol. The van der Waals surface area contributed by atoms with Crippen molar-refractivity contribution in [3.63, 3.8) is 0 Å². The lowest BCUT2D eigenvalue weighted by molar-refractivity contribution is 0.241.